The zero-order valence-electron chi connectivity index (χ0n) is 14.2. The highest BCUT2D eigenvalue weighted by atomic mass is 32.2. The molecule has 1 heterocycles. The first-order valence-electron chi connectivity index (χ1n) is 8.09. The third-order valence-corrected chi connectivity index (χ3v) is 5.72. The van der Waals surface area contributed by atoms with E-state index in [4.69, 9.17) is 0 Å². The third kappa shape index (κ3) is 5.99. The van der Waals surface area contributed by atoms with E-state index in [9.17, 15) is 30.4 Å². The van der Waals surface area contributed by atoms with E-state index >= 15 is 0 Å². The standard InChI is InChI=1S/C18H16F3S.BF4/c1-2-5-13-8-10-14(11-9-13)17-12-15-6-3-4-7-16(15)22(17)18(19,20)21;2-1(3,4)5/h3-4,6-12H,2,5H2,1H3;/q+1;-1. The molecule has 0 saturated carbocycles. The predicted molar refractivity (Wildman–Crippen MR) is 97.3 cm³/mol. The average Bonchev–Trinajstić information content (AvgIpc) is 2.94. The van der Waals surface area contributed by atoms with Crippen LogP contribution in [-0.2, 0) is 11.9 Å². The van der Waals surface area contributed by atoms with Gasteiger partial charge in [-0.05, 0) is 36.2 Å². The van der Waals surface area contributed by atoms with E-state index in [1.165, 1.54) is 0 Å². The summed E-state index contributed by atoms with van der Waals surface area (Å²) in [5, 5.41) is 0.677. The fourth-order valence-electron chi connectivity index (χ4n) is 2.68. The predicted octanol–water partition coefficient (Wildman–Crippen LogP) is 7.98. The van der Waals surface area contributed by atoms with Crippen molar-refractivity contribution in [1.82, 2.24) is 0 Å². The largest absolute Gasteiger partial charge is 0.673 e. The van der Waals surface area contributed by atoms with Crippen LogP contribution >= 0.6 is 10.5 Å². The second kappa shape index (κ2) is 8.33. The lowest BCUT2D eigenvalue weighted by Gasteiger charge is -2.02. The highest BCUT2D eigenvalue weighted by molar-refractivity contribution is 7.41. The molecule has 27 heavy (non-hydrogen) atoms. The van der Waals surface area contributed by atoms with Crippen LogP contribution in [0.5, 0.6) is 0 Å². The van der Waals surface area contributed by atoms with E-state index in [1.807, 2.05) is 24.3 Å². The minimum atomic E-state index is -6.00. The molecule has 0 aliphatic heterocycles. The third-order valence-electron chi connectivity index (χ3n) is 3.65. The van der Waals surface area contributed by atoms with Crippen LogP contribution in [0.3, 0.4) is 0 Å². The summed E-state index contributed by atoms with van der Waals surface area (Å²) in [7, 11) is -7.86. The van der Waals surface area contributed by atoms with E-state index in [1.54, 1.807) is 30.3 Å². The van der Waals surface area contributed by atoms with Gasteiger partial charge in [-0.15, -0.1) is 13.2 Å². The number of rotatable bonds is 3. The van der Waals surface area contributed by atoms with E-state index < -0.39 is 23.2 Å². The molecule has 1 unspecified atom stereocenters. The normalized spacial score (nSPS) is 12.7. The summed E-state index contributed by atoms with van der Waals surface area (Å²) in [6.07, 6.45) is 1.98. The SMILES string of the molecule is CCCc1ccc(-c2cc3ccccc3[s+]2C(F)(F)F)cc1.F[B-](F)(F)F. The summed E-state index contributed by atoms with van der Waals surface area (Å²) in [6, 6.07) is 16.0. The molecule has 0 aliphatic rings. The van der Waals surface area contributed by atoms with Gasteiger partial charge in [-0.2, -0.15) is 0 Å². The first-order valence-corrected chi connectivity index (χ1v) is 9.31. The van der Waals surface area contributed by atoms with Gasteiger partial charge in [0.15, 0.2) is 9.58 Å². The molecule has 2 aromatic carbocycles. The van der Waals surface area contributed by atoms with Crippen LogP contribution in [0.4, 0.5) is 30.4 Å². The van der Waals surface area contributed by atoms with Crippen molar-refractivity contribution in [1.29, 1.82) is 0 Å². The van der Waals surface area contributed by atoms with Crippen molar-refractivity contribution in [3.8, 4) is 10.4 Å². The molecule has 0 bridgehead atoms. The maximum absolute atomic E-state index is 13.5. The Morgan fingerprint density at radius 2 is 1.44 bits per heavy atom. The van der Waals surface area contributed by atoms with E-state index in [2.05, 4.69) is 6.92 Å². The Kier molecular flexibility index (Phi) is 6.57. The summed E-state index contributed by atoms with van der Waals surface area (Å²) in [5.41, 5.74) is -2.42. The molecule has 0 aliphatic carbocycles. The highest BCUT2D eigenvalue weighted by Gasteiger charge is 2.48. The number of thiophene rings is 1. The first-order chi connectivity index (χ1) is 12.5. The molecule has 0 fully saturated rings. The maximum atomic E-state index is 13.5. The van der Waals surface area contributed by atoms with Gasteiger partial charge >= 0.3 is 12.8 Å². The Morgan fingerprint density at radius 3 is 1.96 bits per heavy atom. The Hall–Kier alpha value is -2.03. The van der Waals surface area contributed by atoms with Crippen LogP contribution in [0.15, 0.2) is 54.6 Å². The highest BCUT2D eigenvalue weighted by Crippen LogP contribution is 2.54. The monoisotopic (exact) mass is 408 g/mol. The molecule has 0 radical (unpaired) electrons. The Bertz CT molecular complexity index is 873. The number of halogens is 7. The second-order valence-electron chi connectivity index (χ2n) is 5.74. The van der Waals surface area contributed by atoms with Crippen LogP contribution in [0.2, 0.25) is 0 Å². The fourth-order valence-corrected chi connectivity index (χ4v) is 4.61. The first kappa shape index (κ1) is 21.3. The van der Waals surface area contributed by atoms with Gasteiger partial charge in [-0.3, -0.25) is 0 Å². The molecule has 0 amide bonds. The molecule has 3 aromatic rings. The topological polar surface area (TPSA) is 0 Å². The zero-order chi connectivity index (χ0) is 20.2. The number of hydrogen-bond acceptors (Lipinski definition) is 0. The summed E-state index contributed by atoms with van der Waals surface area (Å²) >= 11 is 0. The van der Waals surface area contributed by atoms with Crippen LogP contribution in [0, 0.1) is 0 Å². The quantitative estimate of drug-likeness (QED) is 0.234. The van der Waals surface area contributed by atoms with Crippen LogP contribution in [-0.4, -0.2) is 7.25 Å². The number of hydrogen-bond donors (Lipinski definition) is 0. The van der Waals surface area contributed by atoms with Gasteiger partial charge in [0.1, 0.15) is 10.5 Å². The molecule has 1 aromatic heterocycles. The smallest absolute Gasteiger partial charge is 0.418 e. The van der Waals surface area contributed by atoms with Crippen LogP contribution < -0.4 is 0 Å². The fraction of sp³-hybridized carbons (Fsp3) is 0.222. The van der Waals surface area contributed by atoms with Crippen molar-refractivity contribution in [2.45, 2.75) is 25.3 Å². The Morgan fingerprint density at radius 1 is 0.889 bits per heavy atom. The maximum Gasteiger partial charge on any atom is 0.673 e. The minimum Gasteiger partial charge on any atom is -0.418 e. The summed E-state index contributed by atoms with van der Waals surface area (Å²) in [6.45, 7) is 2.09. The summed E-state index contributed by atoms with van der Waals surface area (Å²) in [5.74, 6) is 0. The minimum absolute atomic E-state index is 0.372. The van der Waals surface area contributed by atoms with Gasteiger partial charge in [0.05, 0.1) is 0 Å². The van der Waals surface area contributed by atoms with Crippen molar-refractivity contribution in [2.24, 2.45) is 0 Å². The van der Waals surface area contributed by atoms with Gasteiger partial charge in [-0.1, -0.05) is 37.6 Å². The summed E-state index contributed by atoms with van der Waals surface area (Å²) < 4.78 is 80.0. The molecular weight excluding hydrogens is 392 g/mol. The number of fused-ring (bicyclic) bond motifs is 1. The van der Waals surface area contributed by atoms with Gasteiger partial charge < -0.3 is 17.3 Å². The van der Waals surface area contributed by atoms with Crippen molar-refractivity contribution in [2.75, 3.05) is 0 Å². The number of alkyl halides is 3. The van der Waals surface area contributed by atoms with Crippen LogP contribution in [0.1, 0.15) is 18.9 Å². The molecule has 0 nitrogen and oxygen atoms in total. The Labute approximate surface area is 154 Å². The van der Waals surface area contributed by atoms with E-state index in [-0.39, 0.29) is 0 Å². The van der Waals surface area contributed by atoms with Gasteiger partial charge in [0.25, 0.3) is 0 Å². The number of aryl methyl sites for hydroxylation is 1. The van der Waals surface area contributed by atoms with Gasteiger partial charge in [-0.25, -0.2) is 0 Å². The lowest BCUT2D eigenvalue weighted by molar-refractivity contribution is -0.0864. The molecule has 9 heteroatoms. The summed E-state index contributed by atoms with van der Waals surface area (Å²) in [4.78, 5) is 0.372. The molecule has 0 spiro atoms. The average molecular weight is 408 g/mol. The molecule has 1 atom stereocenters. The van der Waals surface area contributed by atoms with Crippen molar-refractivity contribution in [3.05, 3.63) is 60.2 Å². The lowest BCUT2D eigenvalue weighted by atomic mass is 10.1. The zero-order valence-corrected chi connectivity index (χ0v) is 15.1. The molecule has 146 valence electrons. The second-order valence-corrected chi connectivity index (χ2v) is 7.70. The van der Waals surface area contributed by atoms with Gasteiger partial charge in [0, 0.05) is 17.0 Å². The van der Waals surface area contributed by atoms with E-state index in [0.717, 1.165) is 18.4 Å². The molecule has 3 rings (SSSR count). The Balaban J connectivity index is 0.000000465. The molecule has 0 saturated heterocycles. The van der Waals surface area contributed by atoms with Crippen molar-refractivity contribution in [3.63, 3.8) is 0 Å². The van der Waals surface area contributed by atoms with E-state index in [0.29, 0.717) is 20.5 Å². The van der Waals surface area contributed by atoms with Gasteiger partial charge in [0.2, 0.25) is 0 Å². The lowest BCUT2D eigenvalue weighted by Crippen LogP contribution is -2.02. The van der Waals surface area contributed by atoms with Crippen molar-refractivity contribution < 1.29 is 30.4 Å². The van der Waals surface area contributed by atoms with Crippen molar-refractivity contribution >= 4 is 27.8 Å². The number of benzene rings is 2. The molecular formula is C18H16BF7S. The van der Waals surface area contributed by atoms with Crippen LogP contribution in [0.25, 0.3) is 20.5 Å². The molecule has 0 N–H and O–H groups in total.